The smallest absolute Gasteiger partial charge is 0.235 e. The number of Topliss-reactive ketones (excluding diaryl/α,β-unsaturated/α-hetero) is 1. The number of ketones is 1. The fraction of sp³-hybridized carbons (Fsp3) is 0.154. The number of aromatic nitrogens is 1. The normalized spacial score (nSPS) is 15.5. The van der Waals surface area contributed by atoms with Gasteiger partial charge in [0.2, 0.25) is 5.91 Å². The van der Waals surface area contributed by atoms with E-state index in [1.54, 1.807) is 24.3 Å². The van der Waals surface area contributed by atoms with Crippen LogP contribution < -0.4 is 4.90 Å². The Bertz CT molecular complexity index is 1290. The highest BCUT2D eigenvalue weighted by molar-refractivity contribution is 6.34. The van der Waals surface area contributed by atoms with Crippen LogP contribution in [-0.2, 0) is 11.2 Å². The van der Waals surface area contributed by atoms with Gasteiger partial charge >= 0.3 is 0 Å². The fourth-order valence-corrected chi connectivity index (χ4v) is 4.69. The highest BCUT2D eigenvalue weighted by Crippen LogP contribution is 2.40. The molecular weight excluding hydrogens is 408 g/mol. The van der Waals surface area contributed by atoms with Gasteiger partial charge in [-0.1, -0.05) is 60.1 Å². The first-order chi connectivity index (χ1) is 15.1. The van der Waals surface area contributed by atoms with E-state index in [0.717, 1.165) is 23.2 Å². The number of amides is 1. The summed E-state index contributed by atoms with van der Waals surface area (Å²) in [6.07, 6.45) is 2.86. The van der Waals surface area contributed by atoms with Crippen LogP contribution in [0.3, 0.4) is 0 Å². The van der Waals surface area contributed by atoms with Gasteiger partial charge in [-0.15, -0.1) is 0 Å². The van der Waals surface area contributed by atoms with Crippen molar-refractivity contribution >= 4 is 39.9 Å². The number of anilines is 1. The second-order valence-electron chi connectivity index (χ2n) is 7.82. The highest BCUT2D eigenvalue weighted by atomic mass is 35.5. The molecule has 31 heavy (non-hydrogen) atoms. The van der Waals surface area contributed by atoms with Crippen LogP contribution >= 0.6 is 11.6 Å². The molecule has 3 aromatic carbocycles. The Hall–Kier alpha value is -3.37. The number of nitrogens with one attached hydrogen (secondary N) is 1. The quantitative estimate of drug-likeness (QED) is 0.396. The van der Waals surface area contributed by atoms with Crippen molar-refractivity contribution in [3.8, 4) is 0 Å². The number of carbonyl (C=O) groups excluding carboxylic acids is 2. The Balaban J connectivity index is 1.39. The number of carbonyl (C=O) groups is 2. The van der Waals surface area contributed by atoms with Crippen LogP contribution in [0.1, 0.15) is 33.8 Å². The van der Waals surface area contributed by atoms with Crippen molar-refractivity contribution < 1.29 is 9.59 Å². The van der Waals surface area contributed by atoms with E-state index in [-0.39, 0.29) is 18.1 Å². The molecule has 2 heterocycles. The monoisotopic (exact) mass is 428 g/mol. The minimum absolute atomic E-state index is 0.0264. The minimum atomic E-state index is -0.483. The molecule has 1 amide bonds. The number of H-pyrrole nitrogens is 1. The molecule has 1 aliphatic rings. The highest BCUT2D eigenvalue weighted by Gasteiger charge is 2.38. The lowest BCUT2D eigenvalue weighted by Gasteiger charge is -2.18. The SMILES string of the molecule is O=C(CC1C(=O)N(CCc2c[nH]c3ccccc23)c2ccccc21)c1ccccc1Cl. The molecule has 1 N–H and O–H groups in total. The Labute approximate surface area is 185 Å². The van der Waals surface area contributed by atoms with Crippen molar-refractivity contribution in [2.24, 2.45) is 0 Å². The summed E-state index contributed by atoms with van der Waals surface area (Å²) in [4.78, 5) is 31.4. The molecule has 0 aliphatic carbocycles. The van der Waals surface area contributed by atoms with E-state index in [4.69, 9.17) is 11.6 Å². The van der Waals surface area contributed by atoms with Crippen molar-refractivity contribution in [2.75, 3.05) is 11.4 Å². The molecule has 5 rings (SSSR count). The Kier molecular flexibility index (Phi) is 5.08. The number of halogens is 1. The van der Waals surface area contributed by atoms with E-state index in [9.17, 15) is 9.59 Å². The third kappa shape index (κ3) is 3.53. The van der Waals surface area contributed by atoms with Gasteiger partial charge in [0.25, 0.3) is 0 Å². The molecule has 5 heteroatoms. The molecule has 154 valence electrons. The Morgan fingerprint density at radius 3 is 2.58 bits per heavy atom. The van der Waals surface area contributed by atoms with Crippen molar-refractivity contribution in [2.45, 2.75) is 18.8 Å². The second kappa shape index (κ2) is 8.05. The first-order valence-corrected chi connectivity index (χ1v) is 10.7. The van der Waals surface area contributed by atoms with Crippen molar-refractivity contribution in [1.82, 2.24) is 4.98 Å². The van der Waals surface area contributed by atoms with Crippen LogP contribution in [0.2, 0.25) is 5.02 Å². The van der Waals surface area contributed by atoms with Gasteiger partial charge in [-0.05, 0) is 41.8 Å². The minimum Gasteiger partial charge on any atom is -0.361 e. The zero-order chi connectivity index (χ0) is 21.4. The van der Waals surface area contributed by atoms with E-state index in [0.29, 0.717) is 17.1 Å². The summed E-state index contributed by atoms with van der Waals surface area (Å²) in [5.74, 6) is -0.624. The maximum Gasteiger partial charge on any atom is 0.235 e. The largest absolute Gasteiger partial charge is 0.361 e. The fourth-order valence-electron chi connectivity index (χ4n) is 4.45. The molecule has 0 radical (unpaired) electrons. The number of fused-ring (bicyclic) bond motifs is 2. The molecule has 0 bridgehead atoms. The zero-order valence-corrected chi connectivity index (χ0v) is 17.6. The van der Waals surface area contributed by atoms with Crippen LogP contribution in [0.25, 0.3) is 10.9 Å². The number of hydrogen-bond donors (Lipinski definition) is 1. The summed E-state index contributed by atoms with van der Waals surface area (Å²) in [5, 5.41) is 1.59. The Morgan fingerprint density at radius 2 is 1.71 bits per heavy atom. The van der Waals surface area contributed by atoms with Gasteiger partial charge in [-0.3, -0.25) is 9.59 Å². The van der Waals surface area contributed by atoms with Gasteiger partial charge < -0.3 is 9.88 Å². The molecular formula is C26H21ClN2O2. The van der Waals surface area contributed by atoms with Gasteiger partial charge in [0.05, 0.1) is 10.9 Å². The molecule has 0 fully saturated rings. The third-order valence-corrected chi connectivity index (χ3v) is 6.34. The molecule has 0 spiro atoms. The van der Waals surface area contributed by atoms with Gasteiger partial charge in [0.1, 0.15) is 0 Å². The molecule has 0 saturated carbocycles. The number of para-hydroxylation sites is 2. The Morgan fingerprint density at radius 1 is 0.968 bits per heavy atom. The van der Waals surface area contributed by atoms with Gasteiger partial charge in [0, 0.05) is 41.3 Å². The van der Waals surface area contributed by atoms with Crippen LogP contribution in [0.5, 0.6) is 0 Å². The average molecular weight is 429 g/mol. The van der Waals surface area contributed by atoms with Crippen LogP contribution in [0, 0.1) is 0 Å². The van der Waals surface area contributed by atoms with E-state index >= 15 is 0 Å². The number of aromatic amines is 1. The lowest BCUT2D eigenvalue weighted by Crippen LogP contribution is -2.31. The van der Waals surface area contributed by atoms with Crippen LogP contribution in [0.15, 0.2) is 79.0 Å². The number of hydrogen-bond acceptors (Lipinski definition) is 2. The zero-order valence-electron chi connectivity index (χ0n) is 16.8. The third-order valence-electron chi connectivity index (χ3n) is 6.01. The van der Waals surface area contributed by atoms with Gasteiger partial charge in [-0.25, -0.2) is 0 Å². The first-order valence-electron chi connectivity index (χ1n) is 10.4. The molecule has 4 nitrogen and oxygen atoms in total. The second-order valence-corrected chi connectivity index (χ2v) is 8.23. The molecule has 0 saturated heterocycles. The molecule has 1 unspecified atom stereocenters. The summed E-state index contributed by atoms with van der Waals surface area (Å²) >= 11 is 6.21. The predicted molar refractivity (Wildman–Crippen MR) is 124 cm³/mol. The van der Waals surface area contributed by atoms with Gasteiger partial charge in [-0.2, -0.15) is 0 Å². The molecule has 1 aliphatic heterocycles. The van der Waals surface area contributed by atoms with E-state index in [1.165, 1.54) is 10.9 Å². The van der Waals surface area contributed by atoms with Crippen molar-refractivity contribution in [3.05, 3.63) is 101 Å². The number of benzene rings is 3. The maximum atomic E-state index is 13.4. The predicted octanol–water partition coefficient (Wildman–Crippen LogP) is 5.77. The summed E-state index contributed by atoms with van der Waals surface area (Å²) in [6, 6.07) is 22.9. The lowest BCUT2D eigenvalue weighted by atomic mass is 9.93. The maximum absolute atomic E-state index is 13.4. The summed E-state index contributed by atoms with van der Waals surface area (Å²) in [5.41, 5.74) is 4.54. The standard InChI is InChI=1S/C26H21ClN2O2/c27-22-10-4-1-9-20(22)25(30)15-21-19-8-3-6-12-24(19)29(26(21)31)14-13-17-16-28-23-11-5-2-7-18(17)23/h1-12,16,21,28H,13-15H2. The number of nitrogens with zero attached hydrogens (tertiary/aromatic N) is 1. The molecule has 4 aromatic rings. The summed E-state index contributed by atoms with van der Waals surface area (Å²) < 4.78 is 0. The number of rotatable bonds is 6. The summed E-state index contributed by atoms with van der Waals surface area (Å²) in [7, 11) is 0. The van der Waals surface area contributed by atoms with E-state index < -0.39 is 5.92 Å². The summed E-state index contributed by atoms with van der Waals surface area (Å²) in [6.45, 7) is 0.564. The molecule has 1 aromatic heterocycles. The van der Waals surface area contributed by atoms with Gasteiger partial charge in [0.15, 0.2) is 5.78 Å². The van der Waals surface area contributed by atoms with Crippen LogP contribution in [0.4, 0.5) is 5.69 Å². The average Bonchev–Trinajstić information content (AvgIpc) is 3.32. The van der Waals surface area contributed by atoms with E-state index in [2.05, 4.69) is 11.1 Å². The van der Waals surface area contributed by atoms with Crippen molar-refractivity contribution in [1.29, 1.82) is 0 Å². The van der Waals surface area contributed by atoms with Crippen LogP contribution in [-0.4, -0.2) is 23.2 Å². The first kappa shape index (κ1) is 19.6. The lowest BCUT2D eigenvalue weighted by molar-refractivity contribution is -0.119. The van der Waals surface area contributed by atoms with E-state index in [1.807, 2.05) is 53.6 Å². The molecule has 1 atom stereocenters. The van der Waals surface area contributed by atoms with Crippen molar-refractivity contribution in [3.63, 3.8) is 0 Å². The topological polar surface area (TPSA) is 53.2 Å².